The molecule has 1 aromatic rings. The van der Waals surface area contributed by atoms with Crippen molar-refractivity contribution in [2.75, 3.05) is 13.2 Å². The summed E-state index contributed by atoms with van der Waals surface area (Å²) in [6.45, 7) is 4.95. The molecule has 1 heterocycles. The molecule has 0 aromatic carbocycles. The zero-order valence-corrected chi connectivity index (χ0v) is 11.2. The lowest BCUT2D eigenvalue weighted by atomic mass is 10.2. The van der Waals surface area contributed by atoms with Crippen LogP contribution in [-0.4, -0.2) is 24.6 Å². The molecule has 0 saturated heterocycles. The van der Waals surface area contributed by atoms with Crippen LogP contribution in [-0.2, 0) is 6.54 Å². The highest BCUT2D eigenvalue weighted by atomic mass is 35.5. The van der Waals surface area contributed by atoms with Gasteiger partial charge in [0, 0.05) is 18.8 Å². The van der Waals surface area contributed by atoms with E-state index in [1.807, 2.05) is 0 Å². The first kappa shape index (κ1) is 15.1. The minimum Gasteiger partial charge on any atom is -0.472 e. The quantitative estimate of drug-likeness (QED) is 0.832. The van der Waals surface area contributed by atoms with Crippen LogP contribution in [0.15, 0.2) is 12.3 Å². The molecule has 18 heavy (non-hydrogen) atoms. The van der Waals surface area contributed by atoms with Gasteiger partial charge in [0.25, 0.3) is 6.43 Å². The molecule has 0 amide bonds. The van der Waals surface area contributed by atoms with E-state index >= 15 is 0 Å². The minimum absolute atomic E-state index is 0.168. The fourth-order valence-electron chi connectivity index (χ4n) is 1.32. The molecule has 102 valence electrons. The van der Waals surface area contributed by atoms with E-state index in [0.29, 0.717) is 17.5 Å². The van der Waals surface area contributed by atoms with Crippen molar-refractivity contribution in [3.05, 3.63) is 22.8 Å². The van der Waals surface area contributed by atoms with Crippen molar-refractivity contribution >= 4 is 11.6 Å². The first-order chi connectivity index (χ1) is 8.49. The Morgan fingerprint density at radius 2 is 2.17 bits per heavy atom. The Morgan fingerprint density at radius 3 is 2.78 bits per heavy atom. The van der Waals surface area contributed by atoms with Crippen molar-refractivity contribution in [1.29, 1.82) is 0 Å². The normalized spacial score (nSPS) is 11.3. The van der Waals surface area contributed by atoms with Crippen LogP contribution in [0.2, 0.25) is 5.02 Å². The van der Waals surface area contributed by atoms with Crippen LogP contribution in [0.25, 0.3) is 0 Å². The van der Waals surface area contributed by atoms with Crippen molar-refractivity contribution in [2.45, 2.75) is 26.8 Å². The second-order valence-corrected chi connectivity index (χ2v) is 4.75. The van der Waals surface area contributed by atoms with Crippen molar-refractivity contribution < 1.29 is 13.5 Å². The van der Waals surface area contributed by atoms with E-state index in [1.54, 1.807) is 6.07 Å². The third-order valence-electron chi connectivity index (χ3n) is 2.13. The lowest BCUT2D eigenvalue weighted by Crippen LogP contribution is -2.19. The van der Waals surface area contributed by atoms with E-state index in [9.17, 15) is 8.78 Å². The monoisotopic (exact) mass is 278 g/mol. The molecule has 1 rings (SSSR count). The average Bonchev–Trinajstić information content (AvgIpc) is 2.29. The third kappa shape index (κ3) is 5.60. The van der Waals surface area contributed by atoms with Crippen molar-refractivity contribution in [3.8, 4) is 5.88 Å². The lowest BCUT2D eigenvalue weighted by Gasteiger charge is -2.10. The molecular weight excluding hydrogens is 262 g/mol. The number of alkyl halides is 2. The maximum atomic E-state index is 12.0. The van der Waals surface area contributed by atoms with Gasteiger partial charge in [-0.25, -0.2) is 13.8 Å². The number of nitrogens with zero attached hydrogens (tertiary/aromatic N) is 1. The smallest absolute Gasteiger partial charge is 0.272 e. The Hall–Kier alpha value is -0.940. The van der Waals surface area contributed by atoms with E-state index in [0.717, 1.165) is 12.1 Å². The molecule has 0 aliphatic carbocycles. The van der Waals surface area contributed by atoms with Crippen LogP contribution in [0.1, 0.15) is 19.4 Å². The molecule has 0 unspecified atom stereocenters. The SMILES string of the molecule is CC(C)CNCc1cc(OCC(F)F)ncc1Cl. The Bertz CT molecular complexity index is 375. The molecule has 0 atom stereocenters. The van der Waals surface area contributed by atoms with E-state index in [2.05, 4.69) is 24.1 Å². The minimum atomic E-state index is -2.51. The molecule has 0 saturated carbocycles. The van der Waals surface area contributed by atoms with Gasteiger partial charge in [-0.3, -0.25) is 0 Å². The molecule has 0 aliphatic heterocycles. The molecule has 1 N–H and O–H groups in total. The highest BCUT2D eigenvalue weighted by Crippen LogP contribution is 2.19. The molecular formula is C12H17ClF2N2O. The maximum Gasteiger partial charge on any atom is 0.272 e. The number of rotatable bonds is 7. The van der Waals surface area contributed by atoms with E-state index in [1.165, 1.54) is 6.20 Å². The van der Waals surface area contributed by atoms with Gasteiger partial charge in [-0.15, -0.1) is 0 Å². The largest absolute Gasteiger partial charge is 0.472 e. The van der Waals surface area contributed by atoms with Gasteiger partial charge in [-0.1, -0.05) is 25.4 Å². The zero-order valence-electron chi connectivity index (χ0n) is 10.4. The second-order valence-electron chi connectivity index (χ2n) is 4.34. The van der Waals surface area contributed by atoms with Crippen molar-refractivity contribution in [2.24, 2.45) is 5.92 Å². The number of nitrogens with one attached hydrogen (secondary N) is 1. The number of hydrogen-bond acceptors (Lipinski definition) is 3. The molecule has 3 nitrogen and oxygen atoms in total. The summed E-state index contributed by atoms with van der Waals surface area (Å²) in [5.41, 5.74) is 0.789. The number of hydrogen-bond donors (Lipinski definition) is 1. The van der Waals surface area contributed by atoms with Crippen LogP contribution in [0.5, 0.6) is 5.88 Å². The number of pyridine rings is 1. The van der Waals surface area contributed by atoms with Crippen molar-refractivity contribution in [3.63, 3.8) is 0 Å². The molecule has 0 fully saturated rings. The fourth-order valence-corrected chi connectivity index (χ4v) is 1.49. The number of aromatic nitrogens is 1. The fraction of sp³-hybridized carbons (Fsp3) is 0.583. The van der Waals surface area contributed by atoms with E-state index in [4.69, 9.17) is 16.3 Å². The Kier molecular flexibility index (Phi) is 6.29. The molecule has 0 bridgehead atoms. The summed E-state index contributed by atoms with van der Waals surface area (Å²) < 4.78 is 28.8. The molecule has 6 heteroatoms. The number of ether oxygens (including phenoxy) is 1. The predicted molar refractivity (Wildman–Crippen MR) is 67.3 cm³/mol. The summed E-state index contributed by atoms with van der Waals surface area (Å²) in [6, 6.07) is 1.58. The second kappa shape index (κ2) is 7.48. The summed E-state index contributed by atoms with van der Waals surface area (Å²) >= 11 is 5.97. The average molecular weight is 279 g/mol. The summed E-state index contributed by atoms with van der Waals surface area (Å²) in [6.07, 6.45) is -1.10. The predicted octanol–water partition coefficient (Wildman–Crippen LogP) is 3.12. The molecule has 0 spiro atoms. The topological polar surface area (TPSA) is 34.1 Å². The zero-order chi connectivity index (χ0) is 13.5. The maximum absolute atomic E-state index is 12.0. The van der Waals surface area contributed by atoms with Gasteiger partial charge in [0.1, 0.15) is 0 Å². The summed E-state index contributed by atoms with van der Waals surface area (Å²) in [5, 5.41) is 3.71. The van der Waals surface area contributed by atoms with Gasteiger partial charge in [-0.2, -0.15) is 0 Å². The first-order valence-corrected chi connectivity index (χ1v) is 6.13. The van der Waals surface area contributed by atoms with Crippen LogP contribution < -0.4 is 10.1 Å². The van der Waals surface area contributed by atoms with Gasteiger partial charge in [0.15, 0.2) is 6.61 Å². The van der Waals surface area contributed by atoms with Crippen LogP contribution in [0.3, 0.4) is 0 Å². The van der Waals surface area contributed by atoms with Gasteiger partial charge in [0.05, 0.1) is 5.02 Å². The van der Waals surface area contributed by atoms with E-state index < -0.39 is 13.0 Å². The summed E-state index contributed by atoms with van der Waals surface area (Å²) in [5.74, 6) is 0.696. The highest BCUT2D eigenvalue weighted by molar-refractivity contribution is 6.31. The summed E-state index contributed by atoms with van der Waals surface area (Å²) in [4.78, 5) is 3.84. The van der Waals surface area contributed by atoms with Crippen LogP contribution in [0, 0.1) is 5.92 Å². The Labute approximate surface area is 111 Å². The van der Waals surface area contributed by atoms with Crippen LogP contribution >= 0.6 is 11.6 Å². The van der Waals surface area contributed by atoms with Gasteiger partial charge in [0.2, 0.25) is 5.88 Å². The molecule has 0 radical (unpaired) electrons. The first-order valence-electron chi connectivity index (χ1n) is 5.75. The van der Waals surface area contributed by atoms with Crippen molar-refractivity contribution in [1.82, 2.24) is 10.3 Å². The molecule has 0 aliphatic rings. The third-order valence-corrected chi connectivity index (χ3v) is 2.48. The molecule has 1 aromatic heterocycles. The van der Waals surface area contributed by atoms with E-state index in [-0.39, 0.29) is 5.88 Å². The Balaban J connectivity index is 2.57. The standard InChI is InChI=1S/C12H17ClF2N2O/c1-8(2)4-16-5-9-3-12(17-6-10(9)13)18-7-11(14)15/h3,6,8,11,16H,4-5,7H2,1-2H3. The van der Waals surface area contributed by atoms with Gasteiger partial charge < -0.3 is 10.1 Å². The Morgan fingerprint density at radius 1 is 1.44 bits per heavy atom. The van der Waals surface area contributed by atoms with Gasteiger partial charge in [-0.05, 0) is 18.0 Å². The van der Waals surface area contributed by atoms with Crippen LogP contribution in [0.4, 0.5) is 8.78 Å². The lowest BCUT2D eigenvalue weighted by molar-refractivity contribution is 0.0795. The number of halogens is 3. The summed E-state index contributed by atoms with van der Waals surface area (Å²) in [7, 11) is 0. The van der Waals surface area contributed by atoms with Gasteiger partial charge >= 0.3 is 0 Å². The highest BCUT2D eigenvalue weighted by Gasteiger charge is 2.07.